The molecule has 0 saturated carbocycles. The van der Waals surface area contributed by atoms with E-state index in [0.29, 0.717) is 11.3 Å². The standard InChI is InChI=1S/C17H23N3O2S/c1-12-7-5-6-8-15(12)20-13(2)14(9-19-20)16(21)18-10-17(3,22)11-23-4/h5-9,22H,10-11H2,1-4H3,(H,18,21). The Kier molecular flexibility index (Phi) is 5.49. The lowest BCUT2D eigenvalue weighted by Gasteiger charge is -2.22. The zero-order chi connectivity index (χ0) is 17.0. The number of carbonyl (C=O) groups excluding carboxylic acids is 1. The van der Waals surface area contributed by atoms with Crippen LogP contribution in [0.4, 0.5) is 0 Å². The van der Waals surface area contributed by atoms with Crippen molar-refractivity contribution in [2.45, 2.75) is 26.4 Å². The first kappa shape index (κ1) is 17.6. The van der Waals surface area contributed by atoms with Crippen LogP contribution in [-0.2, 0) is 0 Å². The average Bonchev–Trinajstić information content (AvgIpc) is 2.87. The summed E-state index contributed by atoms with van der Waals surface area (Å²) in [6.07, 6.45) is 3.49. The molecule has 5 nitrogen and oxygen atoms in total. The molecule has 0 fully saturated rings. The highest BCUT2D eigenvalue weighted by molar-refractivity contribution is 7.98. The van der Waals surface area contributed by atoms with E-state index in [1.54, 1.807) is 29.6 Å². The van der Waals surface area contributed by atoms with Gasteiger partial charge in [-0.25, -0.2) is 4.68 Å². The van der Waals surface area contributed by atoms with Gasteiger partial charge in [-0.05, 0) is 38.7 Å². The van der Waals surface area contributed by atoms with Gasteiger partial charge in [0, 0.05) is 12.3 Å². The van der Waals surface area contributed by atoms with Gasteiger partial charge in [0.1, 0.15) is 0 Å². The van der Waals surface area contributed by atoms with Gasteiger partial charge in [-0.2, -0.15) is 16.9 Å². The number of hydrogen-bond donors (Lipinski definition) is 2. The van der Waals surface area contributed by atoms with Gasteiger partial charge in [-0.1, -0.05) is 18.2 Å². The van der Waals surface area contributed by atoms with Crippen molar-refractivity contribution in [3.8, 4) is 5.69 Å². The molecule has 0 aliphatic heterocycles. The summed E-state index contributed by atoms with van der Waals surface area (Å²) in [5.41, 5.74) is 2.43. The molecule has 2 rings (SSSR count). The van der Waals surface area contributed by atoms with Gasteiger partial charge in [0.15, 0.2) is 0 Å². The first-order valence-corrected chi connectivity index (χ1v) is 8.85. The predicted octanol–water partition coefficient (Wildman–Crippen LogP) is 2.33. The molecule has 23 heavy (non-hydrogen) atoms. The summed E-state index contributed by atoms with van der Waals surface area (Å²) < 4.78 is 1.77. The van der Waals surface area contributed by atoms with E-state index in [1.165, 1.54) is 0 Å². The molecule has 0 spiro atoms. The van der Waals surface area contributed by atoms with Gasteiger partial charge < -0.3 is 10.4 Å². The molecule has 0 radical (unpaired) electrons. The van der Waals surface area contributed by atoms with Crippen LogP contribution in [0.25, 0.3) is 5.69 Å². The van der Waals surface area contributed by atoms with Crippen LogP contribution < -0.4 is 5.32 Å². The Morgan fingerprint density at radius 2 is 2.09 bits per heavy atom. The third-order valence-electron chi connectivity index (χ3n) is 3.68. The number of benzene rings is 1. The van der Waals surface area contributed by atoms with Crippen molar-refractivity contribution < 1.29 is 9.90 Å². The fraction of sp³-hybridized carbons (Fsp3) is 0.412. The number of amides is 1. The topological polar surface area (TPSA) is 67.2 Å². The Morgan fingerprint density at radius 3 is 2.74 bits per heavy atom. The summed E-state index contributed by atoms with van der Waals surface area (Å²) in [7, 11) is 0. The van der Waals surface area contributed by atoms with E-state index in [0.717, 1.165) is 16.9 Å². The molecule has 1 heterocycles. The van der Waals surface area contributed by atoms with E-state index >= 15 is 0 Å². The second-order valence-corrected chi connectivity index (χ2v) is 6.82. The minimum Gasteiger partial charge on any atom is -0.387 e. The van der Waals surface area contributed by atoms with Crippen LogP contribution in [0.15, 0.2) is 30.5 Å². The Morgan fingerprint density at radius 1 is 1.39 bits per heavy atom. The van der Waals surface area contributed by atoms with Crippen LogP contribution in [0.3, 0.4) is 0 Å². The van der Waals surface area contributed by atoms with Crippen molar-refractivity contribution in [3.63, 3.8) is 0 Å². The van der Waals surface area contributed by atoms with E-state index in [-0.39, 0.29) is 12.5 Å². The van der Waals surface area contributed by atoms with Gasteiger partial charge >= 0.3 is 0 Å². The van der Waals surface area contributed by atoms with Crippen LogP contribution in [0, 0.1) is 13.8 Å². The zero-order valence-corrected chi connectivity index (χ0v) is 14.8. The molecule has 0 aliphatic carbocycles. The molecule has 1 amide bonds. The van der Waals surface area contributed by atoms with E-state index in [9.17, 15) is 9.90 Å². The molecule has 124 valence electrons. The highest BCUT2D eigenvalue weighted by atomic mass is 32.2. The predicted molar refractivity (Wildman–Crippen MR) is 94.4 cm³/mol. The molecular weight excluding hydrogens is 310 g/mol. The Bertz CT molecular complexity index is 695. The zero-order valence-electron chi connectivity index (χ0n) is 14.0. The van der Waals surface area contributed by atoms with Crippen molar-refractivity contribution in [3.05, 3.63) is 47.3 Å². The molecule has 6 heteroatoms. The number of thioether (sulfide) groups is 1. The highest BCUT2D eigenvalue weighted by Crippen LogP contribution is 2.17. The van der Waals surface area contributed by atoms with Crippen molar-refractivity contribution >= 4 is 17.7 Å². The normalized spacial score (nSPS) is 13.6. The molecule has 0 aliphatic rings. The Balaban J connectivity index is 2.16. The number of aryl methyl sites for hydroxylation is 1. The SMILES string of the molecule is CSCC(C)(O)CNC(=O)c1cnn(-c2ccccc2C)c1C. The smallest absolute Gasteiger partial charge is 0.254 e. The maximum Gasteiger partial charge on any atom is 0.254 e. The maximum atomic E-state index is 12.4. The molecule has 2 N–H and O–H groups in total. The van der Waals surface area contributed by atoms with Gasteiger partial charge in [-0.15, -0.1) is 0 Å². The van der Waals surface area contributed by atoms with Crippen molar-refractivity contribution in [2.24, 2.45) is 0 Å². The molecule has 0 bridgehead atoms. The number of nitrogens with zero attached hydrogens (tertiary/aromatic N) is 2. The number of para-hydroxylation sites is 1. The molecule has 2 aromatic rings. The van der Waals surface area contributed by atoms with Crippen LogP contribution in [-0.4, -0.2) is 44.9 Å². The highest BCUT2D eigenvalue weighted by Gasteiger charge is 2.22. The monoisotopic (exact) mass is 333 g/mol. The van der Waals surface area contributed by atoms with Crippen molar-refractivity contribution in [1.29, 1.82) is 0 Å². The van der Waals surface area contributed by atoms with Gasteiger partial charge in [0.25, 0.3) is 5.91 Å². The van der Waals surface area contributed by atoms with Crippen LogP contribution >= 0.6 is 11.8 Å². The summed E-state index contributed by atoms with van der Waals surface area (Å²) in [5, 5.41) is 17.3. The van der Waals surface area contributed by atoms with Crippen LogP contribution in [0.2, 0.25) is 0 Å². The van der Waals surface area contributed by atoms with Gasteiger partial charge in [-0.3, -0.25) is 4.79 Å². The van der Waals surface area contributed by atoms with Gasteiger partial charge in [0.05, 0.1) is 28.7 Å². The van der Waals surface area contributed by atoms with E-state index < -0.39 is 5.60 Å². The fourth-order valence-electron chi connectivity index (χ4n) is 2.40. The van der Waals surface area contributed by atoms with E-state index in [2.05, 4.69) is 10.4 Å². The Labute approximate surface area is 141 Å². The molecule has 1 aromatic heterocycles. The lowest BCUT2D eigenvalue weighted by Crippen LogP contribution is -2.42. The number of aromatic nitrogens is 2. The fourth-order valence-corrected chi connectivity index (χ4v) is 3.13. The molecule has 1 aromatic carbocycles. The Hall–Kier alpha value is -1.79. The summed E-state index contributed by atoms with van der Waals surface area (Å²) in [6, 6.07) is 7.90. The van der Waals surface area contributed by atoms with Crippen molar-refractivity contribution in [1.82, 2.24) is 15.1 Å². The van der Waals surface area contributed by atoms with Crippen LogP contribution in [0.5, 0.6) is 0 Å². The number of nitrogens with one attached hydrogen (secondary N) is 1. The minimum absolute atomic E-state index is 0.210. The lowest BCUT2D eigenvalue weighted by atomic mass is 10.1. The lowest BCUT2D eigenvalue weighted by molar-refractivity contribution is 0.0724. The van der Waals surface area contributed by atoms with E-state index in [1.807, 2.05) is 44.4 Å². The average molecular weight is 333 g/mol. The molecular formula is C17H23N3O2S. The summed E-state index contributed by atoms with van der Waals surface area (Å²) in [4.78, 5) is 12.4. The number of rotatable bonds is 6. The first-order valence-electron chi connectivity index (χ1n) is 7.46. The third-order valence-corrected chi connectivity index (χ3v) is 4.59. The maximum absolute atomic E-state index is 12.4. The van der Waals surface area contributed by atoms with Crippen LogP contribution in [0.1, 0.15) is 28.5 Å². The van der Waals surface area contributed by atoms with Crippen molar-refractivity contribution in [2.75, 3.05) is 18.6 Å². The number of aliphatic hydroxyl groups is 1. The first-order chi connectivity index (χ1) is 10.9. The molecule has 1 atom stereocenters. The molecule has 0 saturated heterocycles. The number of carbonyl (C=O) groups is 1. The summed E-state index contributed by atoms with van der Waals surface area (Å²) in [5.74, 6) is 0.345. The summed E-state index contributed by atoms with van der Waals surface area (Å²) >= 11 is 1.54. The molecule has 1 unspecified atom stereocenters. The largest absolute Gasteiger partial charge is 0.387 e. The second kappa shape index (κ2) is 7.19. The number of hydrogen-bond acceptors (Lipinski definition) is 4. The van der Waals surface area contributed by atoms with E-state index in [4.69, 9.17) is 0 Å². The van der Waals surface area contributed by atoms with Gasteiger partial charge in [0.2, 0.25) is 0 Å². The third kappa shape index (κ3) is 4.14. The summed E-state index contributed by atoms with van der Waals surface area (Å²) in [6.45, 7) is 5.80. The minimum atomic E-state index is -0.922. The quantitative estimate of drug-likeness (QED) is 0.851. The second-order valence-electron chi connectivity index (χ2n) is 5.95.